The third kappa shape index (κ3) is 3.17. The van der Waals surface area contributed by atoms with Gasteiger partial charge in [0.05, 0.1) is 11.9 Å². The van der Waals surface area contributed by atoms with Gasteiger partial charge in [0.1, 0.15) is 0 Å². The summed E-state index contributed by atoms with van der Waals surface area (Å²) in [5.74, 6) is 0. The van der Waals surface area contributed by atoms with Gasteiger partial charge in [0, 0.05) is 14.2 Å². The molecule has 0 unspecified atom stereocenters. The highest BCUT2D eigenvalue weighted by atomic mass is 31.2. The van der Waals surface area contributed by atoms with Crippen LogP contribution in [0.5, 0.6) is 0 Å². The minimum atomic E-state index is -3.21. The van der Waals surface area contributed by atoms with Gasteiger partial charge in [-0.05, 0) is 5.56 Å². The number of rotatable bonds is 5. The highest BCUT2D eigenvalue weighted by Crippen LogP contribution is 2.46. The fourth-order valence-corrected chi connectivity index (χ4v) is 2.22. The fraction of sp³-hybridized carbons (Fsp3) is 0.300. The molecule has 0 aliphatic heterocycles. The van der Waals surface area contributed by atoms with E-state index in [2.05, 4.69) is 5.16 Å². The van der Waals surface area contributed by atoms with E-state index in [-0.39, 0.29) is 11.9 Å². The normalized spacial score (nSPS) is 12.8. The molecule has 0 saturated carbocycles. The van der Waals surface area contributed by atoms with E-state index in [1.54, 1.807) is 24.3 Å². The summed E-state index contributed by atoms with van der Waals surface area (Å²) in [4.78, 5) is 0. The van der Waals surface area contributed by atoms with Gasteiger partial charge in [-0.2, -0.15) is 0 Å². The first-order valence-corrected chi connectivity index (χ1v) is 6.35. The maximum atomic E-state index is 11.9. The van der Waals surface area contributed by atoms with Crippen LogP contribution in [0.1, 0.15) is 5.56 Å². The van der Waals surface area contributed by atoms with Crippen molar-refractivity contribution in [2.45, 2.75) is 0 Å². The van der Waals surface area contributed by atoms with E-state index in [0.717, 1.165) is 0 Å². The fourth-order valence-electron chi connectivity index (χ4n) is 1.20. The molecule has 1 N–H and O–H groups in total. The van der Waals surface area contributed by atoms with Gasteiger partial charge in [-0.1, -0.05) is 35.5 Å². The summed E-state index contributed by atoms with van der Waals surface area (Å²) in [6.45, 7) is 0. The van der Waals surface area contributed by atoms with Crippen LogP contribution in [0.4, 0.5) is 0 Å². The molecule has 0 spiro atoms. The largest absolute Gasteiger partial charge is 0.411 e. The van der Waals surface area contributed by atoms with Crippen molar-refractivity contribution in [1.82, 2.24) is 0 Å². The number of benzene rings is 1. The zero-order valence-electron chi connectivity index (χ0n) is 9.16. The third-order valence-electron chi connectivity index (χ3n) is 2.13. The molecule has 0 heterocycles. The monoisotopic (exact) mass is 243 g/mol. The summed E-state index contributed by atoms with van der Waals surface area (Å²) >= 11 is 0. The summed E-state index contributed by atoms with van der Waals surface area (Å²) in [7, 11) is -0.618. The molecule has 5 nitrogen and oxygen atoms in total. The summed E-state index contributed by atoms with van der Waals surface area (Å²) in [5, 5.41) is 12.0. The molecule has 0 saturated heterocycles. The molecule has 1 rings (SSSR count). The standard InChI is InChI=1S/C10H14NO4P/c1-14-16(13,15-2)8-10(11-12)9-6-4-3-5-7-9/h3-7,12H,8H2,1-2H3. The quantitative estimate of drug-likeness (QED) is 0.373. The summed E-state index contributed by atoms with van der Waals surface area (Å²) in [6.07, 6.45) is -0.0689. The molecule has 0 radical (unpaired) electrons. The average molecular weight is 243 g/mol. The van der Waals surface area contributed by atoms with Crippen LogP contribution in [0, 0.1) is 0 Å². The van der Waals surface area contributed by atoms with Gasteiger partial charge in [-0.15, -0.1) is 0 Å². The van der Waals surface area contributed by atoms with Crippen molar-refractivity contribution in [1.29, 1.82) is 0 Å². The van der Waals surface area contributed by atoms with Crippen LogP contribution in [0.3, 0.4) is 0 Å². The van der Waals surface area contributed by atoms with Gasteiger partial charge in [0.15, 0.2) is 0 Å². The molecule has 88 valence electrons. The smallest absolute Gasteiger partial charge is 0.336 e. The van der Waals surface area contributed by atoms with E-state index in [1.807, 2.05) is 6.07 Å². The van der Waals surface area contributed by atoms with Gasteiger partial charge >= 0.3 is 7.60 Å². The van der Waals surface area contributed by atoms with Crippen molar-refractivity contribution in [3.8, 4) is 0 Å². The lowest BCUT2D eigenvalue weighted by atomic mass is 10.1. The molecule has 0 atom stereocenters. The molecule has 0 aliphatic rings. The van der Waals surface area contributed by atoms with Crippen LogP contribution in [0.2, 0.25) is 0 Å². The van der Waals surface area contributed by atoms with Gasteiger partial charge in [0.2, 0.25) is 0 Å². The Morgan fingerprint density at radius 1 is 1.31 bits per heavy atom. The molecule has 0 aromatic heterocycles. The Balaban J connectivity index is 2.91. The zero-order valence-corrected chi connectivity index (χ0v) is 10.1. The second-order valence-electron chi connectivity index (χ2n) is 3.05. The summed E-state index contributed by atoms with van der Waals surface area (Å²) in [6, 6.07) is 8.94. The van der Waals surface area contributed by atoms with Crippen LogP contribution in [-0.2, 0) is 13.6 Å². The van der Waals surface area contributed by atoms with E-state index in [0.29, 0.717) is 5.56 Å². The molecular weight excluding hydrogens is 229 g/mol. The molecule has 1 aromatic carbocycles. The Bertz CT molecular complexity index is 397. The highest BCUT2D eigenvalue weighted by molar-refractivity contribution is 7.54. The third-order valence-corrected chi connectivity index (χ3v) is 3.93. The van der Waals surface area contributed by atoms with E-state index in [4.69, 9.17) is 14.3 Å². The molecule has 0 aliphatic carbocycles. The lowest BCUT2D eigenvalue weighted by molar-refractivity contribution is 0.278. The minimum absolute atomic E-state index is 0.0689. The predicted molar refractivity (Wildman–Crippen MR) is 61.3 cm³/mol. The Morgan fingerprint density at radius 2 is 1.88 bits per heavy atom. The molecule has 0 fully saturated rings. The van der Waals surface area contributed by atoms with Crippen molar-refractivity contribution in [3.05, 3.63) is 35.9 Å². The topological polar surface area (TPSA) is 68.1 Å². The second-order valence-corrected chi connectivity index (χ2v) is 5.32. The number of nitrogens with zero attached hydrogens (tertiary/aromatic N) is 1. The SMILES string of the molecule is COP(=O)(CC(=NO)c1ccccc1)OC. The van der Waals surface area contributed by atoms with Crippen LogP contribution >= 0.6 is 7.60 Å². The minimum Gasteiger partial charge on any atom is -0.411 e. The predicted octanol–water partition coefficient (Wildman–Crippen LogP) is 2.35. The Kier molecular flexibility index (Phi) is 4.68. The van der Waals surface area contributed by atoms with Crippen molar-refractivity contribution < 1.29 is 18.8 Å². The molecular formula is C10H14NO4P. The molecule has 0 amide bonds. The van der Waals surface area contributed by atoms with Gasteiger partial charge in [0.25, 0.3) is 0 Å². The van der Waals surface area contributed by atoms with Crippen LogP contribution in [0.15, 0.2) is 35.5 Å². The van der Waals surface area contributed by atoms with Crippen molar-refractivity contribution in [3.63, 3.8) is 0 Å². The summed E-state index contributed by atoms with van der Waals surface area (Å²) < 4.78 is 21.4. The Morgan fingerprint density at radius 3 is 2.31 bits per heavy atom. The van der Waals surface area contributed by atoms with E-state index in [9.17, 15) is 4.57 Å². The lowest BCUT2D eigenvalue weighted by Crippen LogP contribution is -2.09. The summed E-state index contributed by atoms with van der Waals surface area (Å²) in [5.41, 5.74) is 0.951. The van der Waals surface area contributed by atoms with Gasteiger partial charge in [-0.25, -0.2) is 0 Å². The van der Waals surface area contributed by atoms with Crippen molar-refractivity contribution >= 4 is 13.3 Å². The second kappa shape index (κ2) is 5.80. The first kappa shape index (κ1) is 12.9. The Labute approximate surface area is 94.2 Å². The number of oxime groups is 1. The van der Waals surface area contributed by atoms with Crippen LogP contribution < -0.4 is 0 Å². The van der Waals surface area contributed by atoms with Crippen LogP contribution in [0.25, 0.3) is 0 Å². The van der Waals surface area contributed by atoms with Gasteiger partial charge in [-0.3, -0.25) is 4.57 Å². The van der Waals surface area contributed by atoms with Crippen molar-refractivity contribution in [2.75, 3.05) is 20.4 Å². The molecule has 1 aromatic rings. The maximum absolute atomic E-state index is 11.9. The Hall–Kier alpha value is -1.16. The highest BCUT2D eigenvalue weighted by Gasteiger charge is 2.25. The zero-order chi connectivity index (χ0) is 12.0. The molecule has 0 bridgehead atoms. The average Bonchev–Trinajstić information content (AvgIpc) is 2.36. The number of hydrogen-bond donors (Lipinski definition) is 1. The molecule has 16 heavy (non-hydrogen) atoms. The van der Waals surface area contributed by atoms with E-state index in [1.165, 1.54) is 14.2 Å². The number of hydrogen-bond acceptors (Lipinski definition) is 5. The van der Waals surface area contributed by atoms with Gasteiger partial charge < -0.3 is 14.3 Å². The molecule has 6 heteroatoms. The van der Waals surface area contributed by atoms with E-state index >= 15 is 0 Å². The van der Waals surface area contributed by atoms with Crippen LogP contribution in [-0.4, -0.2) is 31.3 Å². The lowest BCUT2D eigenvalue weighted by Gasteiger charge is -2.13. The first-order chi connectivity index (χ1) is 7.65. The van der Waals surface area contributed by atoms with E-state index < -0.39 is 7.60 Å². The maximum Gasteiger partial charge on any atom is 0.336 e. The first-order valence-electron chi connectivity index (χ1n) is 4.62. The van der Waals surface area contributed by atoms with Crippen molar-refractivity contribution in [2.24, 2.45) is 5.16 Å².